The Morgan fingerprint density at radius 3 is 2.53 bits per heavy atom. The number of para-hydroxylation sites is 2. The maximum absolute atomic E-state index is 13.2. The summed E-state index contributed by atoms with van der Waals surface area (Å²) in [6.07, 6.45) is 3.29. The third kappa shape index (κ3) is 4.70. The van der Waals surface area contributed by atoms with Crippen molar-refractivity contribution < 1.29 is 14.0 Å². The number of amides is 2. The van der Waals surface area contributed by atoms with Crippen molar-refractivity contribution in [3.63, 3.8) is 0 Å². The Morgan fingerprint density at radius 1 is 1.10 bits per heavy atom. The number of carbonyl (C=O) groups is 2. The van der Waals surface area contributed by atoms with Gasteiger partial charge in [0, 0.05) is 12.5 Å². The molecule has 0 aliphatic carbocycles. The van der Waals surface area contributed by atoms with E-state index in [-0.39, 0.29) is 23.7 Å². The lowest BCUT2D eigenvalue weighted by molar-refractivity contribution is -0.120. The molecule has 1 saturated heterocycles. The number of hydrogen-bond acceptors (Lipinski definition) is 3. The van der Waals surface area contributed by atoms with Crippen molar-refractivity contribution in [1.82, 2.24) is 4.90 Å². The van der Waals surface area contributed by atoms with E-state index in [9.17, 15) is 14.0 Å². The van der Waals surface area contributed by atoms with Gasteiger partial charge in [0.2, 0.25) is 11.8 Å². The number of hydrogen-bond donors (Lipinski definition) is 1. The number of nitrogens with one attached hydrogen (secondary N) is 1. The second kappa shape index (κ2) is 8.96. The molecule has 0 bridgehead atoms. The monoisotopic (exact) mass is 409 g/mol. The van der Waals surface area contributed by atoms with Gasteiger partial charge < -0.3 is 10.2 Å². The molecule has 4 rings (SSSR count). The first kappa shape index (κ1) is 20.5. The number of carbonyl (C=O) groups excluding carboxylic acids is 2. The fraction of sp³-hybridized carbons (Fsp3) is 0.417. The number of benzene rings is 2. The van der Waals surface area contributed by atoms with Crippen LogP contribution in [0.25, 0.3) is 0 Å². The Balaban J connectivity index is 1.36. The van der Waals surface area contributed by atoms with E-state index >= 15 is 0 Å². The summed E-state index contributed by atoms with van der Waals surface area (Å²) in [4.78, 5) is 29.3. The maximum atomic E-state index is 13.2. The van der Waals surface area contributed by atoms with Crippen LogP contribution in [0.1, 0.15) is 31.7 Å². The first-order chi connectivity index (χ1) is 14.5. The van der Waals surface area contributed by atoms with Crippen LogP contribution in [-0.2, 0) is 16.0 Å². The third-order valence-electron chi connectivity index (χ3n) is 6.13. The summed E-state index contributed by atoms with van der Waals surface area (Å²) in [6, 6.07) is 14.1. The number of rotatable bonds is 4. The molecule has 0 radical (unpaired) electrons. The summed E-state index contributed by atoms with van der Waals surface area (Å²) in [5.74, 6) is 0.324. The zero-order valence-corrected chi connectivity index (χ0v) is 17.3. The van der Waals surface area contributed by atoms with Gasteiger partial charge in [-0.15, -0.1) is 0 Å². The number of fused-ring (bicyclic) bond motifs is 1. The molecule has 2 aliphatic heterocycles. The summed E-state index contributed by atoms with van der Waals surface area (Å²) in [5.41, 5.74) is 2.63. The molecular weight excluding hydrogens is 381 g/mol. The first-order valence-corrected chi connectivity index (χ1v) is 10.7. The van der Waals surface area contributed by atoms with Gasteiger partial charge in [-0.3, -0.25) is 14.5 Å². The minimum atomic E-state index is -0.201. The van der Waals surface area contributed by atoms with Gasteiger partial charge in [-0.2, -0.15) is 0 Å². The molecule has 0 spiro atoms. The standard InChI is InChI=1S/C24H28FN3O2/c1-17-14-23(29)26-21-4-2-3-5-22(21)28(17)24(30)16-27-12-10-19(11-13-27)15-18-6-8-20(25)9-7-18/h2-9,17,19H,10-16H2,1H3,(H,26,29). The highest BCUT2D eigenvalue weighted by Gasteiger charge is 2.31. The van der Waals surface area contributed by atoms with Crippen molar-refractivity contribution in [1.29, 1.82) is 0 Å². The summed E-state index contributed by atoms with van der Waals surface area (Å²) < 4.78 is 13.1. The van der Waals surface area contributed by atoms with E-state index in [1.54, 1.807) is 4.90 Å². The largest absolute Gasteiger partial charge is 0.324 e. The van der Waals surface area contributed by atoms with Crippen LogP contribution in [-0.4, -0.2) is 42.4 Å². The lowest BCUT2D eigenvalue weighted by atomic mass is 9.90. The predicted molar refractivity (Wildman–Crippen MR) is 116 cm³/mol. The Bertz CT molecular complexity index is 907. The molecule has 2 amide bonds. The highest BCUT2D eigenvalue weighted by atomic mass is 19.1. The van der Waals surface area contributed by atoms with E-state index < -0.39 is 0 Å². The van der Waals surface area contributed by atoms with Crippen molar-refractivity contribution in [2.45, 2.75) is 38.6 Å². The molecule has 30 heavy (non-hydrogen) atoms. The van der Waals surface area contributed by atoms with Crippen molar-refractivity contribution in [3.05, 3.63) is 59.9 Å². The smallest absolute Gasteiger partial charge is 0.241 e. The molecule has 6 heteroatoms. The molecule has 5 nitrogen and oxygen atoms in total. The van der Waals surface area contributed by atoms with Gasteiger partial charge in [-0.1, -0.05) is 24.3 Å². The van der Waals surface area contributed by atoms with Gasteiger partial charge in [0.1, 0.15) is 5.82 Å². The van der Waals surface area contributed by atoms with Crippen LogP contribution in [0.15, 0.2) is 48.5 Å². The molecule has 1 atom stereocenters. The number of likely N-dealkylation sites (tertiary alicyclic amines) is 1. The van der Waals surface area contributed by atoms with Gasteiger partial charge in [-0.25, -0.2) is 4.39 Å². The molecule has 2 aliphatic rings. The molecule has 1 fully saturated rings. The van der Waals surface area contributed by atoms with Crippen LogP contribution in [0, 0.1) is 11.7 Å². The Kier molecular flexibility index (Phi) is 6.13. The average molecular weight is 410 g/mol. The summed E-state index contributed by atoms with van der Waals surface area (Å²) in [7, 11) is 0. The van der Waals surface area contributed by atoms with E-state index in [1.165, 1.54) is 12.1 Å². The van der Waals surface area contributed by atoms with E-state index in [0.29, 0.717) is 24.6 Å². The quantitative estimate of drug-likeness (QED) is 0.835. The molecule has 2 aromatic rings. The number of anilines is 2. The van der Waals surface area contributed by atoms with Crippen LogP contribution in [0.4, 0.5) is 15.8 Å². The second-order valence-electron chi connectivity index (χ2n) is 8.43. The van der Waals surface area contributed by atoms with E-state index in [1.807, 2.05) is 43.3 Å². The Labute approximate surface area is 176 Å². The number of piperidine rings is 1. The second-order valence-corrected chi connectivity index (χ2v) is 8.43. The normalized spacial score (nSPS) is 20.4. The van der Waals surface area contributed by atoms with Crippen molar-refractivity contribution in [2.24, 2.45) is 5.92 Å². The van der Waals surface area contributed by atoms with E-state index in [2.05, 4.69) is 10.2 Å². The minimum Gasteiger partial charge on any atom is -0.324 e. The molecule has 1 unspecified atom stereocenters. The van der Waals surface area contributed by atoms with Crippen molar-refractivity contribution in [3.8, 4) is 0 Å². The first-order valence-electron chi connectivity index (χ1n) is 10.7. The molecule has 1 N–H and O–H groups in total. The maximum Gasteiger partial charge on any atom is 0.241 e. The summed E-state index contributed by atoms with van der Waals surface area (Å²) in [6.45, 7) is 4.03. The van der Waals surface area contributed by atoms with Crippen LogP contribution >= 0.6 is 0 Å². The fourth-order valence-corrected chi connectivity index (χ4v) is 4.54. The van der Waals surface area contributed by atoms with Gasteiger partial charge >= 0.3 is 0 Å². The zero-order valence-electron chi connectivity index (χ0n) is 17.3. The lowest BCUT2D eigenvalue weighted by Crippen LogP contribution is -2.47. The van der Waals surface area contributed by atoms with Crippen LogP contribution in [0.5, 0.6) is 0 Å². The molecule has 0 saturated carbocycles. The van der Waals surface area contributed by atoms with Crippen LogP contribution in [0.3, 0.4) is 0 Å². The van der Waals surface area contributed by atoms with Gasteiger partial charge in [0.05, 0.1) is 17.9 Å². The van der Waals surface area contributed by atoms with E-state index in [4.69, 9.17) is 0 Å². The highest BCUT2D eigenvalue weighted by Crippen LogP contribution is 2.31. The van der Waals surface area contributed by atoms with E-state index in [0.717, 1.165) is 43.6 Å². The van der Waals surface area contributed by atoms with Crippen molar-refractivity contribution in [2.75, 3.05) is 29.9 Å². The van der Waals surface area contributed by atoms with Gasteiger partial charge in [0.15, 0.2) is 0 Å². The SMILES string of the molecule is CC1CC(=O)Nc2ccccc2N1C(=O)CN1CCC(Cc2ccc(F)cc2)CC1. The Morgan fingerprint density at radius 2 is 1.80 bits per heavy atom. The van der Waals surface area contributed by atoms with Gasteiger partial charge in [0.25, 0.3) is 0 Å². The zero-order chi connectivity index (χ0) is 21.1. The number of halogens is 1. The molecule has 0 aromatic heterocycles. The van der Waals surface area contributed by atoms with Crippen LogP contribution < -0.4 is 10.2 Å². The molecule has 2 aromatic carbocycles. The topological polar surface area (TPSA) is 52.7 Å². The predicted octanol–water partition coefficient (Wildman–Crippen LogP) is 3.84. The summed E-state index contributed by atoms with van der Waals surface area (Å²) in [5, 5.41) is 2.90. The highest BCUT2D eigenvalue weighted by molar-refractivity contribution is 6.04. The third-order valence-corrected chi connectivity index (χ3v) is 6.13. The Hall–Kier alpha value is -2.73. The van der Waals surface area contributed by atoms with Crippen LogP contribution in [0.2, 0.25) is 0 Å². The van der Waals surface area contributed by atoms with Crippen molar-refractivity contribution >= 4 is 23.2 Å². The number of nitrogens with zero attached hydrogens (tertiary/aromatic N) is 2. The summed E-state index contributed by atoms with van der Waals surface area (Å²) >= 11 is 0. The lowest BCUT2D eigenvalue weighted by Gasteiger charge is -2.34. The minimum absolute atomic E-state index is 0.0310. The molecule has 158 valence electrons. The average Bonchev–Trinajstić information content (AvgIpc) is 2.85. The fourth-order valence-electron chi connectivity index (χ4n) is 4.54. The molecule has 2 heterocycles. The molecular formula is C24H28FN3O2. The van der Waals surface area contributed by atoms with Gasteiger partial charge in [-0.05, 0) is 75.0 Å².